The number of halogens is 3. The Hall–Kier alpha value is -1.37. The molecule has 0 saturated carbocycles. The summed E-state index contributed by atoms with van der Waals surface area (Å²) in [5.74, 6) is -3.94. The van der Waals surface area contributed by atoms with Gasteiger partial charge in [-0.25, -0.2) is 0 Å². The Kier molecular flexibility index (Phi) is 12.5. The molecular formula is C16H24Cl3NO10. The van der Waals surface area contributed by atoms with Crippen LogP contribution in [0.3, 0.4) is 0 Å². The Bertz CT molecular complexity index is 613. The third kappa shape index (κ3) is 12.4. The molecule has 30 heavy (non-hydrogen) atoms. The number of aliphatic hydroxyl groups is 1. The maximum Gasteiger partial charge on any atom is 0.303 e. The number of hydroxylamine groups is 1. The van der Waals surface area contributed by atoms with Crippen molar-refractivity contribution in [2.75, 3.05) is 6.61 Å². The van der Waals surface area contributed by atoms with Gasteiger partial charge in [0, 0.05) is 33.6 Å². The molecule has 0 aliphatic rings. The summed E-state index contributed by atoms with van der Waals surface area (Å²) in [6.45, 7) is 5.54. The van der Waals surface area contributed by atoms with Crippen LogP contribution in [0.5, 0.6) is 0 Å². The van der Waals surface area contributed by atoms with Crippen molar-refractivity contribution >= 4 is 58.7 Å². The molecule has 0 aromatic carbocycles. The lowest BCUT2D eigenvalue weighted by Crippen LogP contribution is -2.55. The Morgan fingerprint density at radius 1 is 0.833 bits per heavy atom. The van der Waals surface area contributed by atoms with Crippen LogP contribution in [0.15, 0.2) is 0 Å². The SMILES string of the molecule is CC(=O)OCC(C)C(OC(C)=O)C(OC(C)=O)C(OC(C)=O)C(O)ONC(Cl)(Cl)Cl. The van der Waals surface area contributed by atoms with Crippen LogP contribution < -0.4 is 5.48 Å². The first kappa shape index (κ1) is 28.6. The highest BCUT2D eigenvalue weighted by Gasteiger charge is 2.45. The van der Waals surface area contributed by atoms with Crippen molar-refractivity contribution < 1.29 is 48.1 Å². The Morgan fingerprint density at radius 3 is 1.67 bits per heavy atom. The maximum absolute atomic E-state index is 11.7. The van der Waals surface area contributed by atoms with E-state index in [1.54, 1.807) is 0 Å². The van der Waals surface area contributed by atoms with Crippen molar-refractivity contribution in [2.45, 2.75) is 63.1 Å². The lowest BCUT2D eigenvalue weighted by atomic mass is 9.95. The predicted molar refractivity (Wildman–Crippen MR) is 103 cm³/mol. The van der Waals surface area contributed by atoms with Crippen molar-refractivity contribution in [1.29, 1.82) is 0 Å². The minimum atomic E-state index is -2.16. The molecular weight excluding hydrogens is 473 g/mol. The molecule has 0 amide bonds. The maximum atomic E-state index is 11.7. The van der Waals surface area contributed by atoms with Crippen LogP contribution in [-0.4, -0.2) is 64.1 Å². The molecule has 0 heterocycles. The van der Waals surface area contributed by atoms with Crippen molar-refractivity contribution in [2.24, 2.45) is 5.92 Å². The zero-order valence-electron chi connectivity index (χ0n) is 16.8. The zero-order valence-corrected chi connectivity index (χ0v) is 19.1. The lowest BCUT2D eigenvalue weighted by Gasteiger charge is -2.36. The number of ether oxygens (including phenoxy) is 4. The molecule has 0 bridgehead atoms. The van der Waals surface area contributed by atoms with Gasteiger partial charge in [0.25, 0.3) is 3.92 Å². The van der Waals surface area contributed by atoms with Gasteiger partial charge in [-0.2, -0.15) is 5.48 Å². The number of hydrogen-bond donors (Lipinski definition) is 2. The van der Waals surface area contributed by atoms with Gasteiger partial charge in [-0.1, -0.05) is 41.7 Å². The lowest BCUT2D eigenvalue weighted by molar-refractivity contribution is -0.248. The summed E-state index contributed by atoms with van der Waals surface area (Å²) in [5.41, 5.74) is 1.87. The second kappa shape index (κ2) is 13.1. The van der Waals surface area contributed by atoms with Crippen molar-refractivity contribution in [3.63, 3.8) is 0 Å². The third-order valence-electron chi connectivity index (χ3n) is 3.24. The number of aliphatic hydroxyl groups excluding tert-OH is 1. The predicted octanol–water partition coefficient (Wildman–Crippen LogP) is 1.15. The fourth-order valence-corrected chi connectivity index (χ4v) is 2.36. The summed E-state index contributed by atoms with van der Waals surface area (Å²) in [7, 11) is 0. The Labute approximate surface area is 188 Å². The van der Waals surface area contributed by atoms with Gasteiger partial charge in [-0.15, -0.1) is 0 Å². The van der Waals surface area contributed by atoms with E-state index >= 15 is 0 Å². The highest BCUT2D eigenvalue weighted by molar-refractivity contribution is 6.67. The van der Waals surface area contributed by atoms with E-state index in [0.29, 0.717) is 0 Å². The first-order valence-corrected chi connectivity index (χ1v) is 9.60. The number of hydrogen-bond acceptors (Lipinski definition) is 11. The Morgan fingerprint density at radius 2 is 1.27 bits per heavy atom. The molecule has 0 fully saturated rings. The van der Waals surface area contributed by atoms with Crippen LogP contribution >= 0.6 is 34.8 Å². The molecule has 0 rings (SSSR count). The summed E-state index contributed by atoms with van der Waals surface area (Å²) in [6, 6.07) is 0. The second-order valence-corrected chi connectivity index (χ2v) is 8.39. The van der Waals surface area contributed by atoms with E-state index in [0.717, 1.165) is 20.8 Å². The van der Waals surface area contributed by atoms with Gasteiger partial charge in [0.05, 0.1) is 6.61 Å². The van der Waals surface area contributed by atoms with Gasteiger partial charge >= 0.3 is 23.9 Å². The molecule has 0 aliphatic heterocycles. The average molecular weight is 497 g/mol. The fourth-order valence-electron chi connectivity index (χ4n) is 2.23. The number of nitrogens with one attached hydrogen (secondary N) is 1. The fraction of sp³-hybridized carbons (Fsp3) is 0.750. The summed E-state index contributed by atoms with van der Waals surface area (Å²) < 4.78 is 18.1. The molecule has 2 N–H and O–H groups in total. The van der Waals surface area contributed by atoms with Crippen LogP contribution in [0.4, 0.5) is 0 Å². The molecule has 5 atom stereocenters. The molecule has 174 valence electrons. The smallest absolute Gasteiger partial charge is 0.303 e. The van der Waals surface area contributed by atoms with Crippen LogP contribution in [0, 0.1) is 5.92 Å². The van der Waals surface area contributed by atoms with E-state index in [-0.39, 0.29) is 6.61 Å². The highest BCUT2D eigenvalue weighted by atomic mass is 35.6. The minimum absolute atomic E-state index is 0.249. The van der Waals surface area contributed by atoms with Crippen LogP contribution in [-0.2, 0) is 43.0 Å². The van der Waals surface area contributed by atoms with Crippen LogP contribution in [0.2, 0.25) is 0 Å². The van der Waals surface area contributed by atoms with Crippen molar-refractivity contribution in [1.82, 2.24) is 5.48 Å². The minimum Gasteiger partial charge on any atom is -0.465 e. The topological polar surface area (TPSA) is 147 Å². The second-order valence-electron chi connectivity index (χ2n) is 6.11. The number of rotatable bonds is 11. The summed E-state index contributed by atoms with van der Waals surface area (Å²) in [5, 5.41) is 10.3. The molecule has 0 aliphatic carbocycles. The molecule has 0 spiro atoms. The molecule has 0 radical (unpaired) electrons. The van der Waals surface area contributed by atoms with E-state index in [1.807, 2.05) is 5.48 Å². The number of esters is 4. The van der Waals surface area contributed by atoms with E-state index in [9.17, 15) is 24.3 Å². The van der Waals surface area contributed by atoms with Gasteiger partial charge in [0.1, 0.15) is 6.10 Å². The largest absolute Gasteiger partial charge is 0.465 e. The van der Waals surface area contributed by atoms with Gasteiger partial charge in [0.15, 0.2) is 12.2 Å². The molecule has 5 unspecified atom stereocenters. The molecule has 0 aromatic heterocycles. The van der Waals surface area contributed by atoms with Gasteiger partial charge in [-0.3, -0.25) is 24.0 Å². The first-order chi connectivity index (χ1) is 13.6. The summed E-state index contributed by atoms with van der Waals surface area (Å²) in [6.07, 6.45) is -6.71. The monoisotopic (exact) mass is 495 g/mol. The molecule has 14 heteroatoms. The van der Waals surface area contributed by atoms with Gasteiger partial charge in [0.2, 0.25) is 6.29 Å². The van der Waals surface area contributed by atoms with Crippen LogP contribution in [0.25, 0.3) is 0 Å². The third-order valence-corrected chi connectivity index (χ3v) is 3.47. The summed E-state index contributed by atoms with van der Waals surface area (Å²) >= 11 is 16.4. The van der Waals surface area contributed by atoms with Gasteiger partial charge < -0.3 is 24.1 Å². The Balaban J connectivity index is 5.98. The molecule has 0 saturated heterocycles. The zero-order chi connectivity index (χ0) is 23.6. The van der Waals surface area contributed by atoms with E-state index in [4.69, 9.17) is 58.6 Å². The van der Waals surface area contributed by atoms with Gasteiger partial charge in [-0.05, 0) is 0 Å². The van der Waals surface area contributed by atoms with Crippen molar-refractivity contribution in [3.8, 4) is 0 Å². The first-order valence-electron chi connectivity index (χ1n) is 8.46. The molecule has 11 nitrogen and oxygen atoms in total. The quantitative estimate of drug-likeness (QED) is 0.106. The number of alkyl halides is 3. The normalized spacial score (nSPS) is 16.4. The van der Waals surface area contributed by atoms with Crippen molar-refractivity contribution in [3.05, 3.63) is 0 Å². The number of carbonyl (C=O) groups excluding carboxylic acids is 4. The number of carbonyl (C=O) groups is 4. The summed E-state index contributed by atoms with van der Waals surface area (Å²) in [4.78, 5) is 50.8. The van der Waals surface area contributed by atoms with Crippen LogP contribution in [0.1, 0.15) is 34.6 Å². The average Bonchev–Trinajstić information content (AvgIpc) is 2.57. The molecule has 0 aromatic rings. The van der Waals surface area contributed by atoms with E-state index < -0.39 is 58.3 Å². The highest BCUT2D eigenvalue weighted by Crippen LogP contribution is 2.25. The standard InChI is InChI=1S/C16H24Cl3NO10/c1-7(6-26-8(2)21)12(27-9(3)22)13(28-10(4)23)14(29-11(5)24)15(25)30-20-16(17,18)19/h7,12-15,20,25H,6H2,1-5H3. The van der Waals surface area contributed by atoms with E-state index in [1.165, 1.54) is 13.8 Å². The van der Waals surface area contributed by atoms with E-state index in [2.05, 4.69) is 0 Å².